The number of benzene rings is 1. The molecular formula is C24H33N5O2. The van der Waals surface area contributed by atoms with Crippen molar-refractivity contribution < 1.29 is 9.47 Å². The van der Waals surface area contributed by atoms with Crippen molar-refractivity contribution in [3.8, 4) is 5.75 Å². The molecule has 1 saturated heterocycles. The van der Waals surface area contributed by atoms with Gasteiger partial charge < -0.3 is 25.0 Å². The van der Waals surface area contributed by atoms with Gasteiger partial charge in [0.05, 0.1) is 25.3 Å². The van der Waals surface area contributed by atoms with Crippen LogP contribution in [0.1, 0.15) is 31.9 Å². The highest BCUT2D eigenvalue weighted by molar-refractivity contribution is 5.79. The molecule has 7 nitrogen and oxygen atoms in total. The zero-order chi connectivity index (χ0) is 21.6. The largest absolute Gasteiger partial charge is 0.488 e. The summed E-state index contributed by atoms with van der Waals surface area (Å²) in [4.78, 5) is 11.7. The van der Waals surface area contributed by atoms with Gasteiger partial charge in [0.25, 0.3) is 0 Å². The van der Waals surface area contributed by atoms with E-state index in [-0.39, 0.29) is 18.3 Å². The number of nitrogens with zero attached hydrogens (tertiary/aromatic N) is 3. The minimum atomic E-state index is 0.125. The molecule has 0 radical (unpaired) electrons. The summed E-state index contributed by atoms with van der Waals surface area (Å²) in [5, 5.41) is 6.72. The van der Waals surface area contributed by atoms with E-state index in [0.717, 1.165) is 49.1 Å². The highest BCUT2D eigenvalue weighted by Gasteiger charge is 2.23. The lowest BCUT2D eigenvalue weighted by molar-refractivity contribution is -0.00545. The predicted octanol–water partition coefficient (Wildman–Crippen LogP) is 2.75. The summed E-state index contributed by atoms with van der Waals surface area (Å²) in [5.41, 5.74) is 2.35. The molecule has 2 aromatic rings. The molecule has 0 bridgehead atoms. The smallest absolute Gasteiger partial charge is 0.191 e. The Kier molecular flexibility index (Phi) is 6.92. The summed E-state index contributed by atoms with van der Waals surface area (Å²) in [5.74, 6) is 2.78. The third kappa shape index (κ3) is 5.67. The second kappa shape index (κ2) is 10.0. The summed E-state index contributed by atoms with van der Waals surface area (Å²) in [6, 6.07) is 12.4. The van der Waals surface area contributed by atoms with Crippen LogP contribution in [0.3, 0.4) is 0 Å². The molecule has 3 heterocycles. The first-order chi connectivity index (χ1) is 15.1. The normalized spacial score (nSPS) is 23.3. The van der Waals surface area contributed by atoms with Gasteiger partial charge in [-0.3, -0.25) is 0 Å². The molecule has 4 rings (SSSR count). The van der Waals surface area contributed by atoms with Crippen molar-refractivity contribution in [3.63, 3.8) is 0 Å². The van der Waals surface area contributed by atoms with Crippen molar-refractivity contribution in [1.82, 2.24) is 15.6 Å². The molecule has 2 aliphatic rings. The van der Waals surface area contributed by atoms with E-state index in [4.69, 9.17) is 14.5 Å². The van der Waals surface area contributed by atoms with Crippen LogP contribution >= 0.6 is 0 Å². The van der Waals surface area contributed by atoms with E-state index in [0.29, 0.717) is 13.1 Å². The Hall–Kier alpha value is -2.80. The molecule has 3 atom stereocenters. The van der Waals surface area contributed by atoms with E-state index < -0.39 is 0 Å². The Morgan fingerprint density at radius 1 is 1.13 bits per heavy atom. The number of nitrogens with one attached hydrogen (secondary N) is 2. The Bertz CT molecular complexity index is 851. The number of hydrogen-bond donors (Lipinski definition) is 2. The van der Waals surface area contributed by atoms with Gasteiger partial charge in [0.1, 0.15) is 17.7 Å². The Balaban J connectivity index is 1.31. The van der Waals surface area contributed by atoms with E-state index in [1.54, 1.807) is 0 Å². The van der Waals surface area contributed by atoms with E-state index >= 15 is 0 Å². The molecule has 0 amide bonds. The summed E-state index contributed by atoms with van der Waals surface area (Å²) in [6.07, 6.45) is 3.41. The molecule has 166 valence electrons. The van der Waals surface area contributed by atoms with Crippen LogP contribution in [0.5, 0.6) is 5.75 Å². The average molecular weight is 424 g/mol. The summed E-state index contributed by atoms with van der Waals surface area (Å²) in [7, 11) is 0. The van der Waals surface area contributed by atoms with Gasteiger partial charge in [0, 0.05) is 32.3 Å². The third-order valence-electron chi connectivity index (χ3n) is 5.53. The van der Waals surface area contributed by atoms with Gasteiger partial charge in [-0.1, -0.05) is 24.3 Å². The first kappa shape index (κ1) is 21.4. The fourth-order valence-corrected chi connectivity index (χ4v) is 4.15. The maximum absolute atomic E-state index is 6.02. The van der Waals surface area contributed by atoms with Crippen molar-refractivity contribution in [2.75, 3.05) is 31.1 Å². The topological polar surface area (TPSA) is 71.0 Å². The van der Waals surface area contributed by atoms with Gasteiger partial charge in [0.15, 0.2) is 5.96 Å². The number of rotatable bonds is 6. The number of anilines is 1. The number of aromatic nitrogens is 1. The Morgan fingerprint density at radius 2 is 1.94 bits per heavy atom. The molecule has 1 aromatic heterocycles. The van der Waals surface area contributed by atoms with Crippen LogP contribution < -0.4 is 20.3 Å². The van der Waals surface area contributed by atoms with Gasteiger partial charge in [-0.15, -0.1) is 0 Å². The molecule has 7 heteroatoms. The maximum atomic E-state index is 6.02. The quantitative estimate of drug-likeness (QED) is 0.550. The fourth-order valence-electron chi connectivity index (χ4n) is 4.15. The van der Waals surface area contributed by atoms with Crippen molar-refractivity contribution in [2.45, 2.75) is 52.0 Å². The van der Waals surface area contributed by atoms with Crippen molar-refractivity contribution in [1.29, 1.82) is 0 Å². The van der Waals surface area contributed by atoms with Crippen LogP contribution in [0.4, 0.5) is 5.82 Å². The van der Waals surface area contributed by atoms with Gasteiger partial charge in [-0.05, 0) is 44.0 Å². The van der Waals surface area contributed by atoms with Gasteiger partial charge in [-0.2, -0.15) is 0 Å². The van der Waals surface area contributed by atoms with Crippen molar-refractivity contribution in [2.24, 2.45) is 4.99 Å². The zero-order valence-corrected chi connectivity index (χ0v) is 18.7. The number of fused-ring (bicyclic) bond motifs is 1. The summed E-state index contributed by atoms with van der Waals surface area (Å²) in [6.45, 7) is 10.1. The van der Waals surface area contributed by atoms with Gasteiger partial charge >= 0.3 is 0 Å². The van der Waals surface area contributed by atoms with Crippen molar-refractivity contribution in [3.05, 3.63) is 53.7 Å². The highest BCUT2D eigenvalue weighted by Crippen LogP contribution is 2.27. The van der Waals surface area contributed by atoms with Crippen molar-refractivity contribution >= 4 is 11.8 Å². The maximum Gasteiger partial charge on any atom is 0.191 e. The SMILES string of the molecule is CCNC(=NCc1ccc(N2CC(C)OC(C)C2)nc1)NCC1Cc2ccccc2O1. The number of morpholine rings is 1. The first-order valence-corrected chi connectivity index (χ1v) is 11.2. The minimum absolute atomic E-state index is 0.125. The van der Waals surface area contributed by atoms with E-state index in [1.807, 2.05) is 18.3 Å². The molecule has 0 saturated carbocycles. The molecule has 2 N–H and O–H groups in total. The van der Waals surface area contributed by atoms with Crippen LogP contribution in [-0.4, -0.2) is 55.4 Å². The molecule has 1 fully saturated rings. The lowest BCUT2D eigenvalue weighted by Crippen LogP contribution is -2.45. The Labute approximate surface area is 184 Å². The minimum Gasteiger partial charge on any atom is -0.488 e. The second-order valence-corrected chi connectivity index (χ2v) is 8.31. The third-order valence-corrected chi connectivity index (χ3v) is 5.53. The molecule has 1 aromatic carbocycles. The Morgan fingerprint density at radius 3 is 2.65 bits per heavy atom. The number of guanidine groups is 1. The van der Waals surface area contributed by atoms with E-state index in [2.05, 4.69) is 65.6 Å². The molecule has 3 unspecified atom stereocenters. The first-order valence-electron chi connectivity index (χ1n) is 11.2. The van der Waals surface area contributed by atoms with Crippen LogP contribution in [0.2, 0.25) is 0 Å². The number of aliphatic imine (C=N–C) groups is 1. The number of pyridine rings is 1. The molecule has 0 aliphatic carbocycles. The molecule has 0 spiro atoms. The number of ether oxygens (including phenoxy) is 2. The second-order valence-electron chi connectivity index (χ2n) is 8.31. The standard InChI is InChI=1S/C24H33N5O2/c1-4-25-24(28-14-21-11-20-7-5-6-8-22(20)31-21)27-13-19-9-10-23(26-12-19)29-15-17(2)30-18(3)16-29/h5-10,12,17-18,21H,4,11,13-16H2,1-3H3,(H2,25,27,28). The number of hydrogen-bond acceptors (Lipinski definition) is 5. The van der Waals surface area contributed by atoms with Crippen LogP contribution in [0.25, 0.3) is 0 Å². The summed E-state index contributed by atoms with van der Waals surface area (Å²) >= 11 is 0. The predicted molar refractivity (Wildman–Crippen MR) is 124 cm³/mol. The van der Waals surface area contributed by atoms with Crippen LogP contribution in [0, 0.1) is 0 Å². The van der Waals surface area contributed by atoms with E-state index in [9.17, 15) is 0 Å². The molecule has 31 heavy (non-hydrogen) atoms. The monoisotopic (exact) mass is 423 g/mol. The molecule has 2 aliphatic heterocycles. The number of para-hydroxylation sites is 1. The van der Waals surface area contributed by atoms with Crippen LogP contribution in [-0.2, 0) is 17.7 Å². The highest BCUT2D eigenvalue weighted by atomic mass is 16.5. The molecular weight excluding hydrogens is 390 g/mol. The van der Waals surface area contributed by atoms with Crippen LogP contribution in [0.15, 0.2) is 47.6 Å². The van der Waals surface area contributed by atoms with Gasteiger partial charge in [0.2, 0.25) is 0 Å². The fraction of sp³-hybridized carbons (Fsp3) is 0.500. The van der Waals surface area contributed by atoms with Gasteiger partial charge in [-0.25, -0.2) is 9.98 Å². The lowest BCUT2D eigenvalue weighted by Gasteiger charge is -2.36. The average Bonchev–Trinajstić information content (AvgIpc) is 3.18. The lowest BCUT2D eigenvalue weighted by atomic mass is 10.1. The summed E-state index contributed by atoms with van der Waals surface area (Å²) < 4.78 is 11.8. The zero-order valence-electron chi connectivity index (χ0n) is 18.7. The van der Waals surface area contributed by atoms with E-state index in [1.165, 1.54) is 5.56 Å².